The molecule has 1 aromatic heterocycles. The maximum atomic E-state index is 13.0. The molecule has 2 aromatic rings. The Kier molecular flexibility index (Phi) is 3.16. The summed E-state index contributed by atoms with van der Waals surface area (Å²) in [4.78, 5) is 4.19. The van der Waals surface area contributed by atoms with Gasteiger partial charge in [0.25, 0.3) is 0 Å². The van der Waals surface area contributed by atoms with Gasteiger partial charge in [-0.25, -0.2) is 9.37 Å². The van der Waals surface area contributed by atoms with Crippen molar-refractivity contribution in [2.45, 2.75) is 6.54 Å². The highest BCUT2D eigenvalue weighted by molar-refractivity contribution is 9.10. The largest absolute Gasteiger partial charge is 0.383 e. The van der Waals surface area contributed by atoms with Crippen LogP contribution in [0.2, 0.25) is 0 Å². The molecule has 17 heavy (non-hydrogen) atoms. The number of aromatic nitrogens is 2. The first-order valence-electron chi connectivity index (χ1n) is 4.83. The van der Waals surface area contributed by atoms with Gasteiger partial charge in [0.15, 0.2) is 0 Å². The molecule has 86 valence electrons. The van der Waals surface area contributed by atoms with E-state index in [2.05, 4.69) is 26.8 Å². The predicted molar refractivity (Wildman–Crippen MR) is 68.6 cm³/mol. The average molecular weight is 294 g/mol. The second kappa shape index (κ2) is 4.60. The van der Waals surface area contributed by atoms with Crippen LogP contribution in [-0.4, -0.2) is 9.55 Å². The lowest BCUT2D eigenvalue weighted by Crippen LogP contribution is -2.00. The van der Waals surface area contributed by atoms with E-state index in [0.29, 0.717) is 22.5 Å². The number of imidazole rings is 1. The van der Waals surface area contributed by atoms with Crippen LogP contribution in [0.25, 0.3) is 11.3 Å². The summed E-state index contributed by atoms with van der Waals surface area (Å²) in [6.07, 6.45) is 6.78. The number of halogens is 2. The quantitative estimate of drug-likeness (QED) is 0.865. The van der Waals surface area contributed by atoms with Gasteiger partial charge in [-0.1, -0.05) is 5.92 Å². The van der Waals surface area contributed by atoms with Crippen molar-refractivity contribution in [2.75, 3.05) is 5.73 Å². The van der Waals surface area contributed by atoms with Crippen LogP contribution in [0.1, 0.15) is 0 Å². The molecule has 2 rings (SSSR count). The highest BCUT2D eigenvalue weighted by Crippen LogP contribution is 2.31. The first-order valence-corrected chi connectivity index (χ1v) is 5.62. The minimum atomic E-state index is -0.317. The van der Waals surface area contributed by atoms with Gasteiger partial charge in [-0.05, 0) is 34.1 Å². The van der Waals surface area contributed by atoms with Gasteiger partial charge < -0.3 is 10.3 Å². The Hall–Kier alpha value is -1.80. The Bertz CT molecular complexity index is 598. The molecule has 1 aromatic carbocycles. The van der Waals surface area contributed by atoms with Crippen LogP contribution >= 0.6 is 15.9 Å². The standard InChI is InChI=1S/C12H9BrFN3/c1-2-5-17-7-16-11(12(17)15)9-4-3-8(14)6-10(9)13/h1,3-4,6-7H,5,15H2. The summed E-state index contributed by atoms with van der Waals surface area (Å²) < 4.78 is 15.2. The summed E-state index contributed by atoms with van der Waals surface area (Å²) in [7, 11) is 0. The summed E-state index contributed by atoms with van der Waals surface area (Å²) in [5.41, 5.74) is 7.24. The smallest absolute Gasteiger partial charge is 0.132 e. The zero-order valence-corrected chi connectivity index (χ0v) is 10.4. The van der Waals surface area contributed by atoms with Gasteiger partial charge >= 0.3 is 0 Å². The molecular weight excluding hydrogens is 285 g/mol. The van der Waals surface area contributed by atoms with Crippen molar-refractivity contribution in [2.24, 2.45) is 0 Å². The molecule has 1 heterocycles. The number of hydrogen-bond donors (Lipinski definition) is 1. The second-order valence-corrected chi connectivity index (χ2v) is 4.29. The maximum absolute atomic E-state index is 13.0. The van der Waals surface area contributed by atoms with E-state index in [4.69, 9.17) is 12.2 Å². The fraction of sp³-hybridized carbons (Fsp3) is 0.0833. The van der Waals surface area contributed by atoms with Crippen molar-refractivity contribution in [1.82, 2.24) is 9.55 Å². The number of rotatable bonds is 2. The van der Waals surface area contributed by atoms with Crippen LogP contribution in [0.3, 0.4) is 0 Å². The van der Waals surface area contributed by atoms with E-state index >= 15 is 0 Å². The molecule has 5 heteroatoms. The lowest BCUT2D eigenvalue weighted by atomic mass is 10.1. The van der Waals surface area contributed by atoms with Crippen molar-refractivity contribution in [3.8, 4) is 23.6 Å². The molecule has 0 radical (unpaired) electrons. The molecule has 0 saturated carbocycles. The summed E-state index contributed by atoms with van der Waals surface area (Å²) in [6.45, 7) is 0.359. The van der Waals surface area contributed by atoms with E-state index in [0.717, 1.165) is 5.56 Å². The Morgan fingerprint density at radius 1 is 1.53 bits per heavy atom. The van der Waals surface area contributed by atoms with Crippen molar-refractivity contribution in [3.63, 3.8) is 0 Å². The van der Waals surface area contributed by atoms with Crippen molar-refractivity contribution in [1.29, 1.82) is 0 Å². The number of hydrogen-bond acceptors (Lipinski definition) is 2. The van der Waals surface area contributed by atoms with E-state index in [1.807, 2.05) is 0 Å². The molecule has 0 saturated heterocycles. The number of anilines is 1. The van der Waals surface area contributed by atoms with E-state index in [-0.39, 0.29) is 5.82 Å². The van der Waals surface area contributed by atoms with Crippen LogP contribution in [0, 0.1) is 18.2 Å². The van der Waals surface area contributed by atoms with E-state index in [1.165, 1.54) is 12.1 Å². The summed E-state index contributed by atoms with van der Waals surface area (Å²) in [6, 6.07) is 4.35. The van der Waals surface area contributed by atoms with Gasteiger partial charge in [0.1, 0.15) is 17.3 Å². The van der Waals surface area contributed by atoms with Gasteiger partial charge in [0.2, 0.25) is 0 Å². The number of terminal acetylenes is 1. The molecule has 2 N–H and O–H groups in total. The van der Waals surface area contributed by atoms with Crippen LogP contribution in [0.15, 0.2) is 29.0 Å². The first-order chi connectivity index (χ1) is 8.13. The van der Waals surface area contributed by atoms with Gasteiger partial charge in [-0.2, -0.15) is 0 Å². The first kappa shape index (κ1) is 11.7. The monoisotopic (exact) mass is 293 g/mol. The number of benzene rings is 1. The fourth-order valence-electron chi connectivity index (χ4n) is 1.51. The van der Waals surface area contributed by atoms with Gasteiger partial charge in [0.05, 0.1) is 12.9 Å². The minimum Gasteiger partial charge on any atom is -0.383 e. The molecular formula is C12H9BrFN3. The third kappa shape index (κ3) is 2.17. The van der Waals surface area contributed by atoms with E-state index < -0.39 is 0 Å². The zero-order chi connectivity index (χ0) is 12.4. The molecule has 0 aliphatic heterocycles. The van der Waals surface area contributed by atoms with Crippen molar-refractivity contribution >= 4 is 21.7 Å². The third-order valence-corrected chi connectivity index (χ3v) is 2.98. The lowest BCUT2D eigenvalue weighted by molar-refractivity contribution is 0.627. The number of nitrogen functional groups attached to an aromatic ring is 1. The molecule has 0 aliphatic carbocycles. The Balaban J connectivity index is 2.50. The van der Waals surface area contributed by atoms with Gasteiger partial charge in [-0.3, -0.25) is 0 Å². The number of nitrogens with zero attached hydrogens (tertiary/aromatic N) is 2. The normalized spacial score (nSPS) is 10.2. The molecule has 0 aliphatic rings. The fourth-order valence-corrected chi connectivity index (χ4v) is 2.04. The second-order valence-electron chi connectivity index (χ2n) is 3.43. The minimum absolute atomic E-state index is 0.317. The van der Waals surface area contributed by atoms with Gasteiger partial charge in [-0.15, -0.1) is 6.42 Å². The predicted octanol–water partition coefficient (Wildman–Crippen LogP) is 2.67. The highest BCUT2D eigenvalue weighted by atomic mass is 79.9. The average Bonchev–Trinajstić information content (AvgIpc) is 2.62. The third-order valence-electron chi connectivity index (χ3n) is 2.33. The van der Waals surface area contributed by atoms with Crippen molar-refractivity contribution in [3.05, 3.63) is 34.8 Å². The van der Waals surface area contributed by atoms with Crippen LogP contribution < -0.4 is 5.73 Å². The highest BCUT2D eigenvalue weighted by Gasteiger charge is 2.12. The van der Waals surface area contributed by atoms with Crippen LogP contribution in [0.5, 0.6) is 0 Å². The van der Waals surface area contributed by atoms with Gasteiger partial charge in [0, 0.05) is 10.0 Å². The molecule has 0 unspecified atom stereocenters. The summed E-state index contributed by atoms with van der Waals surface area (Å²) in [5, 5.41) is 0. The SMILES string of the molecule is C#CCn1cnc(-c2ccc(F)cc2Br)c1N. The molecule has 0 amide bonds. The summed E-state index contributed by atoms with van der Waals surface area (Å²) in [5.74, 6) is 2.64. The maximum Gasteiger partial charge on any atom is 0.132 e. The Morgan fingerprint density at radius 2 is 2.29 bits per heavy atom. The molecule has 3 nitrogen and oxygen atoms in total. The molecule has 0 atom stereocenters. The number of nitrogens with two attached hydrogens (primary N) is 1. The lowest BCUT2D eigenvalue weighted by Gasteiger charge is -2.04. The Morgan fingerprint density at radius 3 is 2.94 bits per heavy atom. The van der Waals surface area contributed by atoms with Crippen LogP contribution in [0.4, 0.5) is 10.2 Å². The van der Waals surface area contributed by atoms with E-state index in [9.17, 15) is 4.39 Å². The van der Waals surface area contributed by atoms with E-state index in [1.54, 1.807) is 17.0 Å². The summed E-state index contributed by atoms with van der Waals surface area (Å²) >= 11 is 3.28. The molecule has 0 fully saturated rings. The topological polar surface area (TPSA) is 43.8 Å². The Labute approximate surface area is 107 Å². The zero-order valence-electron chi connectivity index (χ0n) is 8.82. The molecule has 0 bridgehead atoms. The molecule has 0 spiro atoms. The van der Waals surface area contributed by atoms with Crippen molar-refractivity contribution < 1.29 is 4.39 Å². The van der Waals surface area contributed by atoms with Crippen LogP contribution in [-0.2, 0) is 6.54 Å².